The lowest BCUT2D eigenvalue weighted by Crippen LogP contribution is -2.60. The van der Waals surface area contributed by atoms with Crippen LogP contribution in [-0.4, -0.2) is 71.5 Å². The van der Waals surface area contributed by atoms with E-state index in [2.05, 4.69) is 21.4 Å². The van der Waals surface area contributed by atoms with E-state index in [1.165, 1.54) is 65.7 Å². The number of esters is 1. The number of hydrogen-bond donors (Lipinski definition) is 5. The summed E-state index contributed by atoms with van der Waals surface area (Å²) in [7, 11) is 0. The molecule has 0 saturated heterocycles. The monoisotopic (exact) mass is 980 g/mol. The largest absolute Gasteiger partial charge is 0.455 e. The second-order valence-corrected chi connectivity index (χ2v) is 17.8. The van der Waals surface area contributed by atoms with Gasteiger partial charge < -0.3 is 31.2 Å². The number of nitrogens with one attached hydrogen (secondary N) is 4. The summed E-state index contributed by atoms with van der Waals surface area (Å²) in [6, 6.07) is 31.5. The molecule has 5 rings (SSSR count). The van der Waals surface area contributed by atoms with Gasteiger partial charge in [0.25, 0.3) is 5.91 Å². The third-order valence-electron chi connectivity index (χ3n) is 11.3. The highest BCUT2D eigenvalue weighted by Crippen LogP contribution is 2.19. The number of hydrazine groups is 1. The fourth-order valence-electron chi connectivity index (χ4n) is 7.39. The average molecular weight is 982 g/mol. The number of rotatable bonds is 24. The predicted octanol–water partition coefficient (Wildman–Crippen LogP) is 6.93. The first-order valence-electron chi connectivity index (χ1n) is 22.8. The number of nitrogens with two attached hydrogens (primary N) is 1. The number of primary amides is 1. The van der Waals surface area contributed by atoms with Crippen molar-refractivity contribution in [3.63, 3.8) is 0 Å². The first-order chi connectivity index (χ1) is 33.5. The quantitative estimate of drug-likeness (QED) is 0.0189. The number of alkyl carbamates (subject to hydrolysis) is 1. The fourth-order valence-corrected chi connectivity index (χ4v) is 7.57. The molecule has 6 N–H and O–H groups in total. The summed E-state index contributed by atoms with van der Waals surface area (Å²) in [6.45, 7) is 6.28. The zero-order chi connectivity index (χ0) is 50.7. The lowest BCUT2D eigenvalue weighted by molar-refractivity contribution is -0.139. The van der Waals surface area contributed by atoms with Crippen LogP contribution in [0.25, 0.3) is 0 Å². The van der Waals surface area contributed by atoms with E-state index < -0.39 is 89.3 Å². The van der Waals surface area contributed by atoms with Crippen molar-refractivity contribution in [1.82, 2.24) is 26.4 Å². The molecule has 0 fully saturated rings. The Kier molecular flexibility index (Phi) is 20.4. The molecule has 70 heavy (non-hydrogen) atoms. The number of hydrogen-bond acceptors (Lipinski definition) is 9. The van der Waals surface area contributed by atoms with E-state index in [0.717, 1.165) is 11.1 Å². The second kappa shape index (κ2) is 26.5. The molecule has 5 atom stereocenters. The standard InChI is InChI=1S/C53H59ClF2N6O8/c1-33(2)46(60-53(68)69-32-39-13-9-6-10-14-39)50(65)58-44(28-36-17-23-41(55)24-18-36)45(70-52(67)40-21-15-37(29-54)16-22-40)31-62(30-38-19-25-42(56)26-20-38)61-51(66)47(34(3)4)59-49(64)43(48(57)63)27-35-11-7-5-8-12-35/h5-26,33-34,43-47H,27-32H2,1-4H3,(H2,57,63)(H,58,65)(H,59,64)(H,60,68)(H,61,66)/t43-,44+,45+,46+,47+/m1/s1. The molecule has 0 aliphatic carbocycles. The van der Waals surface area contributed by atoms with Crippen LogP contribution in [0.4, 0.5) is 13.6 Å². The molecule has 0 heterocycles. The first kappa shape index (κ1) is 53.8. The molecule has 0 bridgehead atoms. The average Bonchev–Trinajstić information content (AvgIpc) is 3.34. The van der Waals surface area contributed by atoms with Gasteiger partial charge in [-0.05, 0) is 88.9 Å². The van der Waals surface area contributed by atoms with Gasteiger partial charge >= 0.3 is 12.1 Å². The van der Waals surface area contributed by atoms with Crippen molar-refractivity contribution in [2.75, 3.05) is 6.54 Å². The van der Waals surface area contributed by atoms with Gasteiger partial charge in [-0.2, -0.15) is 0 Å². The van der Waals surface area contributed by atoms with E-state index >= 15 is 0 Å². The smallest absolute Gasteiger partial charge is 0.408 e. The van der Waals surface area contributed by atoms with Crippen molar-refractivity contribution in [3.8, 4) is 0 Å². The van der Waals surface area contributed by atoms with E-state index in [9.17, 15) is 37.5 Å². The van der Waals surface area contributed by atoms with Gasteiger partial charge in [-0.15, -0.1) is 11.6 Å². The van der Waals surface area contributed by atoms with Crippen molar-refractivity contribution >= 4 is 47.3 Å². The zero-order valence-electron chi connectivity index (χ0n) is 39.4. The summed E-state index contributed by atoms with van der Waals surface area (Å²) in [6.07, 6.45) is -2.28. The molecule has 0 spiro atoms. The van der Waals surface area contributed by atoms with Crippen LogP contribution in [0.2, 0.25) is 0 Å². The van der Waals surface area contributed by atoms with Crippen LogP contribution >= 0.6 is 11.6 Å². The Hall–Kier alpha value is -7.17. The summed E-state index contributed by atoms with van der Waals surface area (Å²) >= 11 is 6.03. The third kappa shape index (κ3) is 16.8. The molecule has 0 aliphatic rings. The number of benzene rings is 5. The minimum Gasteiger partial charge on any atom is -0.455 e. The van der Waals surface area contributed by atoms with Gasteiger partial charge in [-0.3, -0.25) is 24.6 Å². The summed E-state index contributed by atoms with van der Waals surface area (Å²) < 4.78 is 40.2. The number of nitrogens with zero attached hydrogens (tertiary/aromatic N) is 1. The maximum Gasteiger partial charge on any atom is 0.408 e. The Bertz CT molecular complexity index is 2500. The van der Waals surface area contributed by atoms with Crippen LogP contribution in [0.15, 0.2) is 133 Å². The summed E-state index contributed by atoms with van der Waals surface area (Å²) in [5.41, 5.74) is 11.8. The lowest BCUT2D eigenvalue weighted by Gasteiger charge is -2.35. The van der Waals surface area contributed by atoms with E-state index in [1.54, 1.807) is 94.4 Å². The second-order valence-electron chi connectivity index (χ2n) is 17.5. The highest BCUT2D eigenvalue weighted by molar-refractivity contribution is 6.17. The summed E-state index contributed by atoms with van der Waals surface area (Å²) in [4.78, 5) is 82.6. The lowest BCUT2D eigenvalue weighted by atomic mass is 9.96. The highest BCUT2D eigenvalue weighted by Gasteiger charge is 2.36. The maximum atomic E-state index is 14.5. The van der Waals surface area contributed by atoms with Crippen LogP contribution in [0, 0.1) is 29.4 Å². The van der Waals surface area contributed by atoms with E-state index in [1.807, 2.05) is 6.07 Å². The van der Waals surface area contributed by atoms with Crippen LogP contribution < -0.4 is 27.1 Å². The highest BCUT2D eigenvalue weighted by atomic mass is 35.5. The van der Waals surface area contributed by atoms with Crippen molar-refractivity contribution in [3.05, 3.63) is 178 Å². The number of halogens is 3. The van der Waals surface area contributed by atoms with E-state index in [-0.39, 0.29) is 44.0 Å². The Balaban J connectivity index is 1.52. The maximum absolute atomic E-state index is 14.5. The molecule has 5 aromatic carbocycles. The summed E-state index contributed by atoms with van der Waals surface area (Å²) in [5.74, 6) is -7.10. The number of carbonyl (C=O) groups is 6. The Labute approximate surface area is 411 Å². The minimum absolute atomic E-state index is 0.0179. The minimum atomic E-state index is -1.34. The van der Waals surface area contributed by atoms with Crippen LogP contribution in [0.3, 0.4) is 0 Å². The molecule has 370 valence electrons. The number of ether oxygens (including phenoxy) is 2. The van der Waals surface area contributed by atoms with Crippen molar-refractivity contribution < 1.29 is 47.0 Å². The molecule has 0 radical (unpaired) electrons. The van der Waals surface area contributed by atoms with Gasteiger partial charge in [0.1, 0.15) is 42.3 Å². The number of carbonyl (C=O) groups excluding carboxylic acids is 6. The van der Waals surface area contributed by atoms with E-state index in [0.29, 0.717) is 16.7 Å². The first-order valence-corrected chi connectivity index (χ1v) is 23.3. The van der Waals surface area contributed by atoms with Gasteiger partial charge in [0.15, 0.2) is 0 Å². The Morgan fingerprint density at radius 3 is 1.66 bits per heavy atom. The van der Waals surface area contributed by atoms with Crippen LogP contribution in [0.5, 0.6) is 0 Å². The van der Waals surface area contributed by atoms with Crippen molar-refractivity contribution in [1.29, 1.82) is 0 Å². The normalized spacial score (nSPS) is 13.3. The molecular formula is C53H59ClF2N6O8. The molecule has 14 nitrogen and oxygen atoms in total. The van der Waals surface area contributed by atoms with Gasteiger partial charge in [-0.25, -0.2) is 23.4 Å². The fraction of sp³-hybridized carbons (Fsp3) is 0.321. The Morgan fingerprint density at radius 1 is 0.600 bits per heavy atom. The Morgan fingerprint density at radius 2 is 1.11 bits per heavy atom. The zero-order valence-corrected chi connectivity index (χ0v) is 40.2. The van der Waals surface area contributed by atoms with Gasteiger partial charge in [0.2, 0.25) is 17.7 Å². The molecule has 0 aromatic heterocycles. The molecule has 0 saturated carbocycles. The van der Waals surface area contributed by atoms with Gasteiger partial charge in [0.05, 0.1) is 18.2 Å². The van der Waals surface area contributed by atoms with Gasteiger partial charge in [0, 0.05) is 12.4 Å². The van der Waals surface area contributed by atoms with Crippen molar-refractivity contribution in [2.24, 2.45) is 23.5 Å². The van der Waals surface area contributed by atoms with E-state index in [4.69, 9.17) is 26.8 Å². The van der Waals surface area contributed by atoms with Crippen LogP contribution in [-0.2, 0) is 60.5 Å². The topological polar surface area (TPSA) is 198 Å². The van der Waals surface area contributed by atoms with Gasteiger partial charge in [-0.1, -0.05) is 125 Å². The molecule has 5 aromatic rings. The molecule has 0 aliphatic heterocycles. The molecule has 5 amide bonds. The number of amides is 5. The molecular weight excluding hydrogens is 922 g/mol. The van der Waals surface area contributed by atoms with Crippen LogP contribution in [0.1, 0.15) is 65.9 Å². The predicted molar refractivity (Wildman–Crippen MR) is 260 cm³/mol. The number of alkyl halides is 1. The molecule has 17 heteroatoms. The summed E-state index contributed by atoms with van der Waals surface area (Å²) in [5, 5.41) is 9.71. The molecule has 0 unspecified atom stereocenters. The SMILES string of the molecule is CC(C)[C@H](NC(=O)OCc1ccccc1)C(=O)N[C@@H](Cc1ccc(F)cc1)[C@H](CN(Cc1ccc(F)cc1)NC(=O)[C@@H](NC(=O)[C@H](Cc1ccccc1)C(N)=O)C(C)C)OC(=O)c1ccc(CCl)cc1. The third-order valence-corrected chi connectivity index (χ3v) is 11.6. The van der Waals surface area contributed by atoms with Crippen molar-refractivity contribution in [2.45, 2.75) is 83.8 Å².